The average molecular weight is 481 g/mol. The van der Waals surface area contributed by atoms with Gasteiger partial charge in [-0.05, 0) is 75.7 Å². The molecule has 34 heavy (non-hydrogen) atoms. The summed E-state index contributed by atoms with van der Waals surface area (Å²) in [5, 5.41) is 2.76. The normalized spacial score (nSPS) is 12.0. The van der Waals surface area contributed by atoms with Crippen molar-refractivity contribution >= 4 is 33.3 Å². The van der Waals surface area contributed by atoms with Gasteiger partial charge in [-0.1, -0.05) is 35.4 Å². The van der Waals surface area contributed by atoms with Gasteiger partial charge in [0, 0.05) is 12.7 Å². The van der Waals surface area contributed by atoms with Gasteiger partial charge in [0.1, 0.15) is 0 Å². The molecule has 7 nitrogen and oxygen atoms in total. The fourth-order valence-electron chi connectivity index (χ4n) is 3.28. The van der Waals surface area contributed by atoms with E-state index < -0.39 is 28.0 Å². The van der Waals surface area contributed by atoms with Gasteiger partial charge in [0.2, 0.25) is 0 Å². The van der Waals surface area contributed by atoms with Gasteiger partial charge in [0.15, 0.2) is 6.10 Å². The SMILES string of the molecule is Cc1ccc(S(=O)(=O)N(C)c2ccc(C(=O)OC(C)C(=O)Nc3ccc(C)cc3C)cc2)cc1. The first-order valence-corrected chi connectivity index (χ1v) is 12.2. The molecule has 0 aliphatic rings. The number of hydrogen-bond donors (Lipinski definition) is 1. The smallest absolute Gasteiger partial charge is 0.338 e. The van der Waals surface area contributed by atoms with Crippen LogP contribution >= 0.6 is 0 Å². The van der Waals surface area contributed by atoms with Crippen molar-refractivity contribution in [1.29, 1.82) is 0 Å². The molecule has 1 amide bonds. The summed E-state index contributed by atoms with van der Waals surface area (Å²) in [5.74, 6) is -1.13. The molecule has 0 saturated carbocycles. The average Bonchev–Trinajstić information content (AvgIpc) is 2.80. The van der Waals surface area contributed by atoms with Crippen LogP contribution in [0.2, 0.25) is 0 Å². The number of benzene rings is 3. The van der Waals surface area contributed by atoms with Crippen molar-refractivity contribution in [2.24, 2.45) is 0 Å². The van der Waals surface area contributed by atoms with Crippen LogP contribution in [0.15, 0.2) is 71.6 Å². The topological polar surface area (TPSA) is 92.8 Å². The minimum atomic E-state index is -3.74. The molecule has 3 aromatic carbocycles. The van der Waals surface area contributed by atoms with Crippen molar-refractivity contribution in [3.8, 4) is 0 Å². The van der Waals surface area contributed by atoms with Crippen LogP contribution in [-0.2, 0) is 19.6 Å². The number of hydrogen-bond acceptors (Lipinski definition) is 5. The predicted molar refractivity (Wildman–Crippen MR) is 133 cm³/mol. The molecular weight excluding hydrogens is 452 g/mol. The summed E-state index contributed by atoms with van der Waals surface area (Å²) in [5.41, 5.74) is 4.19. The van der Waals surface area contributed by atoms with E-state index in [4.69, 9.17) is 4.74 Å². The number of esters is 1. The van der Waals surface area contributed by atoms with E-state index in [1.807, 2.05) is 32.9 Å². The first-order valence-electron chi connectivity index (χ1n) is 10.7. The molecule has 1 atom stereocenters. The molecule has 1 N–H and O–H groups in total. The summed E-state index contributed by atoms with van der Waals surface area (Å²) in [6, 6.07) is 18.2. The summed E-state index contributed by atoms with van der Waals surface area (Å²) >= 11 is 0. The molecule has 1 unspecified atom stereocenters. The highest BCUT2D eigenvalue weighted by Gasteiger charge is 2.23. The molecule has 0 spiro atoms. The molecular formula is C26H28N2O5S. The summed E-state index contributed by atoms with van der Waals surface area (Å²) < 4.78 is 32.2. The molecule has 0 aliphatic heterocycles. The lowest BCUT2D eigenvalue weighted by molar-refractivity contribution is -0.123. The number of carbonyl (C=O) groups excluding carboxylic acids is 2. The van der Waals surface area contributed by atoms with E-state index in [9.17, 15) is 18.0 Å². The van der Waals surface area contributed by atoms with E-state index in [0.29, 0.717) is 11.4 Å². The van der Waals surface area contributed by atoms with Crippen LogP contribution in [0.3, 0.4) is 0 Å². The second-order valence-electron chi connectivity index (χ2n) is 8.19. The quantitative estimate of drug-likeness (QED) is 0.498. The number of carbonyl (C=O) groups is 2. The van der Waals surface area contributed by atoms with Gasteiger partial charge in [0.25, 0.3) is 15.9 Å². The van der Waals surface area contributed by atoms with Gasteiger partial charge in [0.05, 0.1) is 16.1 Å². The molecule has 0 aromatic heterocycles. The second-order valence-corrected chi connectivity index (χ2v) is 10.2. The monoisotopic (exact) mass is 480 g/mol. The largest absolute Gasteiger partial charge is 0.449 e. The fourth-order valence-corrected chi connectivity index (χ4v) is 4.48. The summed E-state index contributed by atoms with van der Waals surface area (Å²) in [7, 11) is -2.30. The first kappa shape index (κ1) is 25.0. The Morgan fingerprint density at radius 1 is 0.882 bits per heavy atom. The standard InChI is InChI=1S/C26H28N2O5S/c1-17-6-13-23(14-7-17)34(31,32)28(5)22-11-9-21(10-12-22)26(30)33-20(4)25(29)27-24-15-8-18(2)16-19(24)3/h6-16,20H,1-5H3,(H,27,29). The maximum Gasteiger partial charge on any atom is 0.338 e. The van der Waals surface area contributed by atoms with Crippen molar-refractivity contribution in [3.63, 3.8) is 0 Å². The number of nitrogens with zero attached hydrogens (tertiary/aromatic N) is 1. The maximum atomic E-state index is 12.9. The Hall–Kier alpha value is -3.65. The molecule has 0 saturated heterocycles. The zero-order valence-corrected chi connectivity index (χ0v) is 20.6. The van der Waals surface area contributed by atoms with Crippen molar-refractivity contribution in [2.45, 2.75) is 38.7 Å². The Morgan fingerprint density at radius 2 is 1.47 bits per heavy atom. The van der Waals surface area contributed by atoms with Crippen LogP contribution in [0.5, 0.6) is 0 Å². The van der Waals surface area contributed by atoms with Gasteiger partial charge in [-0.2, -0.15) is 0 Å². The second kappa shape index (κ2) is 10.1. The third kappa shape index (κ3) is 5.63. The van der Waals surface area contributed by atoms with Crippen LogP contribution < -0.4 is 9.62 Å². The molecule has 0 bridgehead atoms. The number of aryl methyl sites for hydroxylation is 3. The van der Waals surface area contributed by atoms with Gasteiger partial charge in [-0.15, -0.1) is 0 Å². The Bertz CT molecular complexity index is 1300. The molecule has 0 fully saturated rings. The molecule has 0 heterocycles. The van der Waals surface area contributed by atoms with Crippen molar-refractivity contribution in [2.75, 3.05) is 16.7 Å². The van der Waals surface area contributed by atoms with Crippen LogP contribution in [0.1, 0.15) is 34.0 Å². The highest BCUT2D eigenvalue weighted by Crippen LogP contribution is 2.23. The Balaban J connectivity index is 1.66. The molecule has 178 valence electrons. The van der Waals surface area contributed by atoms with Crippen molar-refractivity contribution < 1.29 is 22.7 Å². The lowest BCUT2D eigenvalue weighted by atomic mass is 10.1. The predicted octanol–water partition coefficient (Wildman–Crippen LogP) is 4.62. The van der Waals surface area contributed by atoms with E-state index in [1.54, 1.807) is 30.3 Å². The Labute approximate surface area is 200 Å². The first-order chi connectivity index (χ1) is 16.0. The summed E-state index contributed by atoms with van der Waals surface area (Å²) in [6.07, 6.45) is -1.02. The van der Waals surface area contributed by atoms with Crippen LogP contribution in [0.4, 0.5) is 11.4 Å². The zero-order valence-electron chi connectivity index (χ0n) is 19.8. The molecule has 0 aliphatic carbocycles. The molecule has 3 rings (SSSR count). The maximum absolute atomic E-state index is 12.9. The number of amides is 1. The number of anilines is 2. The Morgan fingerprint density at radius 3 is 2.06 bits per heavy atom. The van der Waals surface area contributed by atoms with Gasteiger partial charge >= 0.3 is 5.97 Å². The molecule has 0 radical (unpaired) electrons. The van der Waals surface area contributed by atoms with Crippen LogP contribution in [0, 0.1) is 20.8 Å². The third-order valence-electron chi connectivity index (χ3n) is 5.44. The van der Waals surface area contributed by atoms with E-state index in [1.165, 1.54) is 38.2 Å². The number of ether oxygens (including phenoxy) is 1. The van der Waals surface area contributed by atoms with Gasteiger partial charge < -0.3 is 10.1 Å². The van der Waals surface area contributed by atoms with Crippen LogP contribution in [-0.4, -0.2) is 33.4 Å². The number of rotatable bonds is 7. The Kier molecular flexibility index (Phi) is 7.41. The molecule has 3 aromatic rings. The summed E-state index contributed by atoms with van der Waals surface area (Å²) in [6.45, 7) is 7.22. The minimum absolute atomic E-state index is 0.174. The van der Waals surface area contributed by atoms with E-state index >= 15 is 0 Å². The fraction of sp³-hybridized carbons (Fsp3) is 0.231. The van der Waals surface area contributed by atoms with E-state index in [2.05, 4.69) is 5.32 Å². The van der Waals surface area contributed by atoms with Gasteiger partial charge in [-0.3, -0.25) is 9.10 Å². The van der Waals surface area contributed by atoms with Crippen molar-refractivity contribution in [3.05, 3.63) is 89.0 Å². The number of sulfonamides is 1. The lowest BCUT2D eigenvalue weighted by Crippen LogP contribution is -2.30. The van der Waals surface area contributed by atoms with Crippen LogP contribution in [0.25, 0.3) is 0 Å². The summed E-state index contributed by atoms with van der Waals surface area (Å²) in [4.78, 5) is 25.2. The van der Waals surface area contributed by atoms with Crippen molar-refractivity contribution in [1.82, 2.24) is 0 Å². The highest BCUT2D eigenvalue weighted by molar-refractivity contribution is 7.92. The van der Waals surface area contributed by atoms with Gasteiger partial charge in [-0.25, -0.2) is 13.2 Å². The zero-order chi connectivity index (χ0) is 25.0. The molecule has 8 heteroatoms. The van der Waals surface area contributed by atoms with E-state index in [0.717, 1.165) is 21.0 Å². The third-order valence-corrected chi connectivity index (χ3v) is 7.24. The highest BCUT2D eigenvalue weighted by atomic mass is 32.2. The van der Waals surface area contributed by atoms with E-state index in [-0.39, 0.29) is 10.5 Å². The lowest BCUT2D eigenvalue weighted by Gasteiger charge is -2.20. The minimum Gasteiger partial charge on any atom is -0.449 e. The number of nitrogens with one attached hydrogen (secondary N) is 1.